The summed E-state index contributed by atoms with van der Waals surface area (Å²) in [4.78, 5) is 72.7. The summed E-state index contributed by atoms with van der Waals surface area (Å²) in [5.74, 6) is -0.579. The van der Waals surface area contributed by atoms with E-state index in [1.54, 1.807) is 0 Å². The Morgan fingerprint density at radius 1 is 0.299 bits per heavy atom. The van der Waals surface area contributed by atoms with E-state index in [1.807, 2.05) is 0 Å². The van der Waals surface area contributed by atoms with Crippen LogP contribution in [0, 0.1) is 11.8 Å². The Morgan fingerprint density at radius 3 is 0.784 bits per heavy atom. The summed E-state index contributed by atoms with van der Waals surface area (Å²) in [6.45, 7) is 9.56. The van der Waals surface area contributed by atoms with Gasteiger partial charge in [-0.1, -0.05) is 356 Å². The first-order valence-electron chi connectivity index (χ1n) is 40.5. The van der Waals surface area contributed by atoms with E-state index >= 15 is 0 Å². The molecule has 17 nitrogen and oxygen atoms in total. The van der Waals surface area contributed by atoms with Crippen molar-refractivity contribution in [2.24, 2.45) is 11.8 Å². The molecular weight excluding hydrogens is 1270 g/mol. The summed E-state index contributed by atoms with van der Waals surface area (Å²) in [7, 11) is -9.91. The lowest BCUT2D eigenvalue weighted by molar-refractivity contribution is -0.161. The number of aliphatic hydroxyl groups is 1. The molecule has 0 saturated carbocycles. The largest absolute Gasteiger partial charge is 0.472 e. The smallest absolute Gasteiger partial charge is 0.462 e. The Balaban J connectivity index is 5.16. The molecule has 3 unspecified atom stereocenters. The highest BCUT2D eigenvalue weighted by atomic mass is 31.2. The minimum Gasteiger partial charge on any atom is -0.462 e. The number of ether oxygens (including phenoxy) is 4. The molecule has 0 aromatic heterocycles. The maximum absolute atomic E-state index is 13.1. The first-order chi connectivity index (χ1) is 46.9. The number of esters is 4. The van der Waals surface area contributed by atoms with Crippen molar-refractivity contribution >= 4 is 39.5 Å². The summed E-state index contributed by atoms with van der Waals surface area (Å²) < 4.78 is 68.5. The lowest BCUT2D eigenvalue weighted by Crippen LogP contribution is -2.30. The van der Waals surface area contributed by atoms with Crippen molar-refractivity contribution in [2.75, 3.05) is 39.6 Å². The van der Waals surface area contributed by atoms with E-state index in [2.05, 4.69) is 41.5 Å². The Morgan fingerprint density at radius 2 is 0.526 bits per heavy atom. The summed E-state index contributed by atoms with van der Waals surface area (Å²) in [5, 5.41) is 10.6. The molecule has 0 aliphatic heterocycles. The van der Waals surface area contributed by atoms with Crippen molar-refractivity contribution in [1.82, 2.24) is 0 Å². The molecule has 0 fully saturated rings. The number of rotatable bonds is 77. The number of phosphoric ester groups is 2. The minimum atomic E-state index is -4.96. The number of hydrogen-bond donors (Lipinski definition) is 3. The standard InChI is InChI=1S/C78H152O17P2/c1-7-10-12-14-16-18-19-20-21-24-28-31-34-38-42-49-55-61-76(81)89-66-73(94-77(82)62-56-50-43-39-35-32-29-26-23-22-25-27-30-33-37-40-47-53-59-71(6)9-3)68-92-96(84,85)90-64-72(79)65-91-97(86,87)93-69-74(95-78(83)63-57-51-45-44-46-52-58-70(4)5)67-88-75(80)60-54-48-41-36-17-15-13-11-8-2/h70-74,79H,7-69H2,1-6H3,(H,84,85)(H,86,87)/t71?,72-,73-,74-/m1/s1. The van der Waals surface area contributed by atoms with Gasteiger partial charge in [0.05, 0.1) is 26.4 Å². The van der Waals surface area contributed by atoms with Crippen molar-refractivity contribution in [3.63, 3.8) is 0 Å². The molecule has 6 atom stereocenters. The second kappa shape index (κ2) is 69.8. The third kappa shape index (κ3) is 70.9. The molecule has 0 rings (SSSR count). The fraction of sp³-hybridized carbons (Fsp3) is 0.949. The average molecular weight is 1420 g/mol. The van der Waals surface area contributed by atoms with E-state index in [-0.39, 0.29) is 25.7 Å². The maximum Gasteiger partial charge on any atom is 0.472 e. The van der Waals surface area contributed by atoms with Crippen molar-refractivity contribution in [3.05, 3.63) is 0 Å². The van der Waals surface area contributed by atoms with Crippen LogP contribution < -0.4 is 0 Å². The number of hydrogen-bond acceptors (Lipinski definition) is 15. The van der Waals surface area contributed by atoms with E-state index in [0.29, 0.717) is 31.6 Å². The summed E-state index contributed by atoms with van der Waals surface area (Å²) in [5.41, 5.74) is 0. The number of phosphoric acid groups is 2. The first kappa shape index (κ1) is 95.1. The monoisotopic (exact) mass is 1420 g/mol. The van der Waals surface area contributed by atoms with Gasteiger partial charge in [-0.3, -0.25) is 37.3 Å². The molecule has 3 N–H and O–H groups in total. The fourth-order valence-corrected chi connectivity index (χ4v) is 13.6. The SMILES string of the molecule is CCCCCCCCCCCCCCCCCCCC(=O)OC[C@H](COP(=O)(O)OC[C@@H](O)COP(=O)(O)OC[C@@H](COC(=O)CCCCCCCCCCC)OC(=O)CCCCCCCCC(C)C)OC(=O)CCCCCCCCCCCCCCCCCCCCC(C)CC. The van der Waals surface area contributed by atoms with Gasteiger partial charge in [0.2, 0.25) is 0 Å². The van der Waals surface area contributed by atoms with Gasteiger partial charge in [-0.15, -0.1) is 0 Å². The van der Waals surface area contributed by atoms with Crippen molar-refractivity contribution in [2.45, 2.75) is 426 Å². The molecule has 0 bridgehead atoms. The van der Waals surface area contributed by atoms with Crippen LogP contribution >= 0.6 is 15.6 Å². The third-order valence-corrected chi connectivity index (χ3v) is 20.5. The van der Waals surface area contributed by atoms with Gasteiger partial charge >= 0.3 is 39.5 Å². The predicted molar refractivity (Wildman–Crippen MR) is 395 cm³/mol. The zero-order valence-corrected chi connectivity index (χ0v) is 65.2. The van der Waals surface area contributed by atoms with Crippen molar-refractivity contribution < 1.29 is 80.2 Å². The molecule has 0 spiro atoms. The summed E-state index contributed by atoms with van der Waals surface area (Å²) in [6, 6.07) is 0. The molecule has 0 heterocycles. The highest BCUT2D eigenvalue weighted by molar-refractivity contribution is 7.47. The topological polar surface area (TPSA) is 237 Å². The van der Waals surface area contributed by atoms with Gasteiger partial charge in [-0.2, -0.15) is 0 Å². The summed E-state index contributed by atoms with van der Waals surface area (Å²) >= 11 is 0. The normalized spacial score (nSPS) is 14.2. The Hall–Kier alpha value is -1.94. The van der Waals surface area contributed by atoms with Crippen LogP contribution in [0.4, 0.5) is 0 Å². The highest BCUT2D eigenvalue weighted by Gasteiger charge is 2.30. The van der Waals surface area contributed by atoms with Crippen LogP contribution in [0.1, 0.15) is 408 Å². The third-order valence-electron chi connectivity index (χ3n) is 18.6. The van der Waals surface area contributed by atoms with Gasteiger partial charge in [0.15, 0.2) is 12.2 Å². The van der Waals surface area contributed by atoms with Gasteiger partial charge < -0.3 is 33.8 Å². The Labute approximate surface area is 594 Å². The van der Waals surface area contributed by atoms with Crippen molar-refractivity contribution in [1.29, 1.82) is 0 Å². The molecule has 0 aromatic carbocycles. The van der Waals surface area contributed by atoms with Crippen LogP contribution in [-0.4, -0.2) is 96.7 Å². The number of carbonyl (C=O) groups is 4. The molecule has 576 valence electrons. The quantitative estimate of drug-likeness (QED) is 0.0222. The molecule has 19 heteroatoms. The maximum atomic E-state index is 13.1. The zero-order chi connectivity index (χ0) is 71.4. The second-order valence-corrected chi connectivity index (χ2v) is 31.7. The van der Waals surface area contributed by atoms with Crippen LogP contribution in [0.25, 0.3) is 0 Å². The predicted octanol–water partition coefficient (Wildman–Crippen LogP) is 23.1. The van der Waals surface area contributed by atoms with E-state index in [4.69, 9.17) is 37.0 Å². The van der Waals surface area contributed by atoms with Gasteiger partial charge in [-0.05, 0) is 37.5 Å². The van der Waals surface area contributed by atoms with Gasteiger partial charge in [0, 0.05) is 25.7 Å². The molecule has 0 amide bonds. The fourth-order valence-electron chi connectivity index (χ4n) is 12.0. The molecular formula is C78H152O17P2. The van der Waals surface area contributed by atoms with Crippen LogP contribution in [0.15, 0.2) is 0 Å². The van der Waals surface area contributed by atoms with Gasteiger partial charge in [0.25, 0.3) is 0 Å². The molecule has 0 radical (unpaired) electrons. The van der Waals surface area contributed by atoms with E-state index < -0.39 is 97.5 Å². The van der Waals surface area contributed by atoms with E-state index in [0.717, 1.165) is 95.8 Å². The summed E-state index contributed by atoms with van der Waals surface area (Å²) in [6.07, 6.45) is 58.6. The highest BCUT2D eigenvalue weighted by Crippen LogP contribution is 2.45. The lowest BCUT2D eigenvalue weighted by Gasteiger charge is -2.21. The average Bonchev–Trinajstić information content (AvgIpc) is 1.36. The number of carbonyl (C=O) groups excluding carboxylic acids is 4. The number of unbranched alkanes of at least 4 members (excludes halogenated alkanes) is 46. The van der Waals surface area contributed by atoms with Crippen LogP contribution in [0.2, 0.25) is 0 Å². The minimum absolute atomic E-state index is 0.102. The van der Waals surface area contributed by atoms with Crippen molar-refractivity contribution in [3.8, 4) is 0 Å². The first-order valence-corrected chi connectivity index (χ1v) is 43.5. The Kier molecular flexibility index (Phi) is 68.4. The van der Waals surface area contributed by atoms with Crippen LogP contribution in [0.3, 0.4) is 0 Å². The Bertz CT molecular complexity index is 1870. The zero-order valence-electron chi connectivity index (χ0n) is 63.4. The van der Waals surface area contributed by atoms with Gasteiger partial charge in [0.1, 0.15) is 19.3 Å². The van der Waals surface area contributed by atoms with Crippen LogP contribution in [0.5, 0.6) is 0 Å². The molecule has 0 aromatic rings. The molecule has 0 aliphatic carbocycles. The second-order valence-electron chi connectivity index (χ2n) is 28.8. The molecule has 0 saturated heterocycles. The number of aliphatic hydroxyl groups excluding tert-OH is 1. The lowest BCUT2D eigenvalue weighted by atomic mass is 9.99. The van der Waals surface area contributed by atoms with Gasteiger partial charge in [-0.25, -0.2) is 9.13 Å². The van der Waals surface area contributed by atoms with E-state index in [1.165, 1.54) is 225 Å². The van der Waals surface area contributed by atoms with Crippen LogP contribution in [-0.2, 0) is 65.4 Å². The van der Waals surface area contributed by atoms with E-state index in [9.17, 15) is 43.2 Å². The molecule has 0 aliphatic rings. The molecule has 97 heavy (non-hydrogen) atoms.